The van der Waals surface area contributed by atoms with E-state index in [9.17, 15) is 4.79 Å². The van der Waals surface area contributed by atoms with Crippen molar-refractivity contribution in [3.63, 3.8) is 0 Å². The lowest BCUT2D eigenvalue weighted by Gasteiger charge is -2.20. The van der Waals surface area contributed by atoms with Crippen LogP contribution in [-0.4, -0.2) is 49.9 Å². The molecule has 1 aliphatic heterocycles. The maximum atomic E-state index is 13.2. The summed E-state index contributed by atoms with van der Waals surface area (Å²) in [7, 11) is 4.87. The fourth-order valence-corrected chi connectivity index (χ4v) is 4.85. The predicted octanol–water partition coefficient (Wildman–Crippen LogP) is 5.05. The number of benzene rings is 3. The van der Waals surface area contributed by atoms with Gasteiger partial charge in [0, 0.05) is 31.5 Å². The Balaban J connectivity index is 1.35. The molecule has 0 spiro atoms. The van der Waals surface area contributed by atoms with E-state index in [2.05, 4.69) is 10.6 Å². The van der Waals surface area contributed by atoms with Crippen LogP contribution < -0.4 is 23.8 Å². The zero-order valence-corrected chi connectivity index (χ0v) is 21.3. The highest BCUT2D eigenvalue weighted by atomic mass is 16.5. The molecule has 1 fully saturated rings. The number of ether oxygens (including phenoxy) is 4. The number of amides is 1. The molecule has 1 amide bonds. The van der Waals surface area contributed by atoms with E-state index >= 15 is 0 Å². The molecule has 8 nitrogen and oxygen atoms in total. The smallest absolute Gasteiger partial charge is 0.227 e. The number of carbonyl (C=O) groups excluding carboxylic acids is 1. The summed E-state index contributed by atoms with van der Waals surface area (Å²) < 4.78 is 24.3. The second-order valence-corrected chi connectivity index (χ2v) is 8.93. The first-order valence-electron chi connectivity index (χ1n) is 12.4. The lowest BCUT2D eigenvalue weighted by atomic mass is 10.1. The van der Waals surface area contributed by atoms with Gasteiger partial charge in [-0.15, -0.1) is 0 Å². The average Bonchev–Trinajstić information content (AvgIpc) is 3.51. The SMILES string of the molecule is COc1ccc(OCCCn2c(C3CC(=O)N(c4cc(OC)ccc4OC)C3)nc3ccccc32)cc1. The van der Waals surface area contributed by atoms with Crippen LogP contribution in [0.4, 0.5) is 5.69 Å². The number of anilines is 1. The highest BCUT2D eigenvalue weighted by Gasteiger charge is 2.36. The topological polar surface area (TPSA) is 75.1 Å². The third-order valence-corrected chi connectivity index (χ3v) is 6.71. The average molecular weight is 502 g/mol. The van der Waals surface area contributed by atoms with Gasteiger partial charge in [0.2, 0.25) is 5.91 Å². The summed E-state index contributed by atoms with van der Waals surface area (Å²) in [5.74, 6) is 3.84. The lowest BCUT2D eigenvalue weighted by molar-refractivity contribution is -0.117. The number of aromatic nitrogens is 2. The number of para-hydroxylation sites is 2. The van der Waals surface area contributed by atoms with E-state index in [1.54, 1.807) is 26.2 Å². The van der Waals surface area contributed by atoms with E-state index in [-0.39, 0.29) is 11.8 Å². The van der Waals surface area contributed by atoms with E-state index in [0.717, 1.165) is 41.3 Å². The Morgan fingerprint density at radius 3 is 2.38 bits per heavy atom. The van der Waals surface area contributed by atoms with Crippen LogP contribution in [0.5, 0.6) is 23.0 Å². The summed E-state index contributed by atoms with van der Waals surface area (Å²) in [5, 5.41) is 0. The summed E-state index contributed by atoms with van der Waals surface area (Å²) >= 11 is 0. The molecular formula is C29H31N3O5. The van der Waals surface area contributed by atoms with Gasteiger partial charge in [0.1, 0.15) is 28.8 Å². The molecule has 0 aliphatic carbocycles. The molecule has 0 saturated carbocycles. The van der Waals surface area contributed by atoms with Crippen LogP contribution in [0.15, 0.2) is 66.7 Å². The van der Waals surface area contributed by atoms with Gasteiger partial charge in [-0.3, -0.25) is 4.79 Å². The predicted molar refractivity (Wildman–Crippen MR) is 142 cm³/mol. The summed E-state index contributed by atoms with van der Waals surface area (Å²) in [4.78, 5) is 19.9. The van der Waals surface area contributed by atoms with E-state index in [4.69, 9.17) is 23.9 Å². The van der Waals surface area contributed by atoms with Gasteiger partial charge in [-0.1, -0.05) is 12.1 Å². The Bertz CT molecular complexity index is 1380. The number of aryl methyl sites for hydroxylation is 1. The molecule has 1 aromatic heterocycles. The molecule has 192 valence electrons. The normalized spacial score (nSPS) is 15.3. The van der Waals surface area contributed by atoms with Crippen LogP contribution in [0.3, 0.4) is 0 Å². The van der Waals surface area contributed by atoms with Crippen molar-refractivity contribution in [1.29, 1.82) is 0 Å². The Labute approximate surface area is 216 Å². The van der Waals surface area contributed by atoms with Gasteiger partial charge >= 0.3 is 0 Å². The van der Waals surface area contributed by atoms with Gasteiger partial charge in [0.25, 0.3) is 0 Å². The molecule has 8 heteroatoms. The molecule has 1 saturated heterocycles. The first-order chi connectivity index (χ1) is 18.1. The fraction of sp³-hybridized carbons (Fsp3) is 0.310. The van der Waals surface area contributed by atoms with Crippen molar-refractivity contribution >= 4 is 22.6 Å². The monoisotopic (exact) mass is 501 g/mol. The number of carbonyl (C=O) groups is 1. The number of hydrogen-bond donors (Lipinski definition) is 0. The number of fused-ring (bicyclic) bond motifs is 1. The Hall–Kier alpha value is -4.20. The number of methoxy groups -OCH3 is 3. The number of rotatable bonds is 10. The Morgan fingerprint density at radius 1 is 0.892 bits per heavy atom. The molecule has 0 bridgehead atoms. The molecule has 37 heavy (non-hydrogen) atoms. The number of imidazole rings is 1. The van der Waals surface area contributed by atoms with Gasteiger partial charge in [-0.2, -0.15) is 0 Å². The van der Waals surface area contributed by atoms with Crippen LogP contribution in [-0.2, 0) is 11.3 Å². The van der Waals surface area contributed by atoms with Gasteiger partial charge in [-0.05, 0) is 55.0 Å². The van der Waals surface area contributed by atoms with E-state index in [1.807, 2.05) is 60.7 Å². The lowest BCUT2D eigenvalue weighted by Crippen LogP contribution is -2.25. The second-order valence-electron chi connectivity index (χ2n) is 8.93. The number of hydrogen-bond acceptors (Lipinski definition) is 6. The summed E-state index contributed by atoms with van der Waals surface area (Å²) in [6, 6.07) is 21.2. The van der Waals surface area contributed by atoms with Crippen molar-refractivity contribution < 1.29 is 23.7 Å². The van der Waals surface area contributed by atoms with Crippen LogP contribution >= 0.6 is 0 Å². The highest BCUT2D eigenvalue weighted by molar-refractivity contribution is 5.98. The van der Waals surface area contributed by atoms with Crippen molar-refractivity contribution in [2.45, 2.75) is 25.3 Å². The van der Waals surface area contributed by atoms with Crippen LogP contribution in [0.25, 0.3) is 11.0 Å². The highest BCUT2D eigenvalue weighted by Crippen LogP contribution is 2.39. The maximum Gasteiger partial charge on any atom is 0.227 e. The standard InChI is InChI=1S/C29H31N3O5/c1-34-21-9-11-22(12-10-21)37-16-6-15-31-25-8-5-4-7-24(25)30-29(31)20-17-28(33)32(19-20)26-18-23(35-2)13-14-27(26)36-3/h4-5,7-14,18,20H,6,15-17,19H2,1-3H3. The molecule has 5 rings (SSSR count). The molecular weight excluding hydrogens is 470 g/mol. The summed E-state index contributed by atoms with van der Waals surface area (Å²) in [6.07, 6.45) is 1.18. The van der Waals surface area contributed by atoms with Crippen molar-refractivity contribution in [1.82, 2.24) is 9.55 Å². The fourth-order valence-electron chi connectivity index (χ4n) is 4.85. The minimum Gasteiger partial charge on any atom is -0.497 e. The van der Waals surface area contributed by atoms with E-state index in [1.165, 1.54) is 0 Å². The van der Waals surface area contributed by atoms with E-state index < -0.39 is 0 Å². The number of nitrogens with zero attached hydrogens (tertiary/aromatic N) is 3. The van der Waals surface area contributed by atoms with Gasteiger partial charge < -0.3 is 28.4 Å². The van der Waals surface area contributed by atoms with Crippen LogP contribution in [0, 0.1) is 0 Å². The largest absolute Gasteiger partial charge is 0.497 e. The maximum absolute atomic E-state index is 13.2. The van der Waals surface area contributed by atoms with E-state index in [0.29, 0.717) is 36.8 Å². The first-order valence-corrected chi connectivity index (χ1v) is 12.4. The van der Waals surface area contributed by atoms with Gasteiger partial charge in [-0.25, -0.2) is 4.98 Å². The molecule has 2 heterocycles. The molecule has 1 atom stereocenters. The molecule has 0 radical (unpaired) electrons. The first kappa shape index (κ1) is 24.5. The van der Waals surface area contributed by atoms with Crippen molar-refractivity contribution in [2.75, 3.05) is 39.4 Å². The molecule has 1 aliphatic rings. The summed E-state index contributed by atoms with van der Waals surface area (Å²) in [5.41, 5.74) is 2.70. The zero-order chi connectivity index (χ0) is 25.8. The second kappa shape index (κ2) is 10.8. The van der Waals surface area contributed by atoms with Gasteiger partial charge in [0.05, 0.1) is 44.7 Å². The van der Waals surface area contributed by atoms with Crippen molar-refractivity contribution in [3.05, 3.63) is 72.6 Å². The Morgan fingerprint density at radius 2 is 1.62 bits per heavy atom. The third-order valence-electron chi connectivity index (χ3n) is 6.71. The minimum atomic E-state index is -0.0432. The molecule has 1 unspecified atom stereocenters. The van der Waals surface area contributed by atoms with Crippen molar-refractivity contribution in [3.8, 4) is 23.0 Å². The third kappa shape index (κ3) is 5.05. The van der Waals surface area contributed by atoms with Crippen molar-refractivity contribution in [2.24, 2.45) is 0 Å². The zero-order valence-electron chi connectivity index (χ0n) is 21.3. The van der Waals surface area contributed by atoms with Crippen LogP contribution in [0.1, 0.15) is 24.6 Å². The minimum absolute atomic E-state index is 0.0398. The van der Waals surface area contributed by atoms with Gasteiger partial charge in [0.15, 0.2) is 0 Å². The quantitative estimate of drug-likeness (QED) is 0.283. The molecule has 4 aromatic rings. The van der Waals surface area contributed by atoms with Crippen LogP contribution in [0.2, 0.25) is 0 Å². The molecule has 3 aromatic carbocycles. The Kier molecular flexibility index (Phi) is 7.16. The molecule has 0 N–H and O–H groups in total. The summed E-state index contributed by atoms with van der Waals surface area (Å²) in [6.45, 7) is 1.82.